The van der Waals surface area contributed by atoms with Crippen molar-refractivity contribution in [1.82, 2.24) is 0 Å². The maximum absolute atomic E-state index is 12.9. The number of likely N-dealkylation sites (N-methyl/N-ethyl adjacent to an activating group) is 1. The van der Waals surface area contributed by atoms with Gasteiger partial charge in [0.25, 0.3) is 7.82 Å². The van der Waals surface area contributed by atoms with Gasteiger partial charge >= 0.3 is 11.9 Å². The Kier molecular flexibility index (Phi) is 69.1. The average molecular weight is 1320 g/mol. The lowest BCUT2D eigenvalue weighted by molar-refractivity contribution is -0.870. The number of unbranched alkanes of at least 4 members (excludes halogenated alkanes) is 26. The summed E-state index contributed by atoms with van der Waals surface area (Å²) in [5.41, 5.74) is 0. The number of nitrogens with zero attached hydrogens (tertiary/aromatic N) is 1. The molecule has 0 amide bonds. The van der Waals surface area contributed by atoms with Gasteiger partial charge in [0, 0.05) is 12.8 Å². The van der Waals surface area contributed by atoms with E-state index < -0.39 is 26.5 Å². The van der Waals surface area contributed by atoms with E-state index in [1.807, 2.05) is 21.1 Å². The van der Waals surface area contributed by atoms with Crippen molar-refractivity contribution in [3.05, 3.63) is 170 Å². The zero-order valence-electron chi connectivity index (χ0n) is 60.8. The fraction of sp³-hybridized carbons (Fsp3) is 0.643. The number of hydrogen-bond donors (Lipinski definition) is 0. The van der Waals surface area contributed by atoms with Crippen LogP contribution in [0.15, 0.2) is 170 Å². The largest absolute Gasteiger partial charge is 0.756 e. The lowest BCUT2D eigenvalue weighted by atomic mass is 10.0. The number of carbonyl (C=O) groups excluding carboxylic acids is 2. The lowest BCUT2D eigenvalue weighted by Gasteiger charge is -2.28. The monoisotopic (exact) mass is 1320 g/mol. The summed E-state index contributed by atoms with van der Waals surface area (Å²) in [6.45, 7) is 4.01. The molecule has 0 N–H and O–H groups in total. The zero-order valence-corrected chi connectivity index (χ0v) is 61.7. The van der Waals surface area contributed by atoms with Crippen LogP contribution in [0.25, 0.3) is 0 Å². The van der Waals surface area contributed by atoms with Crippen LogP contribution in [0.2, 0.25) is 0 Å². The number of hydrogen-bond acceptors (Lipinski definition) is 8. The van der Waals surface area contributed by atoms with E-state index in [2.05, 4.69) is 184 Å². The van der Waals surface area contributed by atoms with Gasteiger partial charge in [-0.25, -0.2) is 0 Å². The molecule has 0 radical (unpaired) electrons. The molecule has 0 saturated carbocycles. The number of carbonyl (C=O) groups is 2. The van der Waals surface area contributed by atoms with E-state index in [9.17, 15) is 19.0 Å². The maximum atomic E-state index is 12.9. The topological polar surface area (TPSA) is 111 Å². The fourth-order valence-electron chi connectivity index (χ4n) is 10.0. The number of quaternary nitrogens is 1. The molecular formula is C84H140NO8P. The second-order valence-electron chi connectivity index (χ2n) is 25.9. The van der Waals surface area contributed by atoms with Crippen molar-refractivity contribution in [1.29, 1.82) is 0 Å². The third-order valence-corrected chi connectivity index (χ3v) is 16.7. The lowest BCUT2D eigenvalue weighted by Crippen LogP contribution is -2.37. The predicted molar refractivity (Wildman–Crippen MR) is 406 cm³/mol. The average Bonchev–Trinajstić information content (AvgIpc) is 1.56. The van der Waals surface area contributed by atoms with Gasteiger partial charge in [-0.3, -0.25) is 14.2 Å². The molecule has 0 rings (SSSR count). The Hall–Kier alpha value is -4.63. The first kappa shape index (κ1) is 89.4. The fourth-order valence-corrected chi connectivity index (χ4v) is 10.8. The molecule has 0 aromatic carbocycles. The van der Waals surface area contributed by atoms with Gasteiger partial charge in [0.05, 0.1) is 27.7 Å². The number of phosphoric acid groups is 1. The highest BCUT2D eigenvalue weighted by molar-refractivity contribution is 7.45. The quantitative estimate of drug-likeness (QED) is 0.0195. The molecule has 0 aliphatic carbocycles. The molecule has 94 heavy (non-hydrogen) atoms. The summed E-state index contributed by atoms with van der Waals surface area (Å²) in [4.78, 5) is 38.2. The van der Waals surface area contributed by atoms with Crippen LogP contribution < -0.4 is 4.89 Å². The van der Waals surface area contributed by atoms with E-state index in [4.69, 9.17) is 18.5 Å². The second kappa shape index (κ2) is 72.6. The molecular weight excluding hydrogens is 1180 g/mol. The molecule has 0 saturated heterocycles. The molecule has 0 aliphatic rings. The van der Waals surface area contributed by atoms with Gasteiger partial charge in [0.1, 0.15) is 19.8 Å². The Morgan fingerprint density at radius 3 is 0.851 bits per heavy atom. The first-order valence-electron chi connectivity index (χ1n) is 37.8. The highest BCUT2D eigenvalue weighted by atomic mass is 31.2. The molecule has 2 atom stereocenters. The minimum atomic E-state index is -4.66. The Morgan fingerprint density at radius 1 is 0.330 bits per heavy atom. The minimum absolute atomic E-state index is 0.0390. The molecule has 0 aromatic rings. The van der Waals surface area contributed by atoms with Gasteiger partial charge in [0.15, 0.2) is 6.10 Å². The molecule has 0 aromatic heterocycles. The standard InChI is InChI=1S/C84H140NO8P/c1-6-8-10-12-14-16-18-20-22-24-26-28-30-32-34-36-38-40-41-42-43-45-47-49-51-53-55-57-59-61-63-65-67-69-71-73-75-77-84(87)93-82(81-92-94(88,89)91-79-78-85(3,4)5)80-90-83(86)76-74-72-70-68-66-64-62-60-58-56-54-52-50-48-46-44-39-37-35-33-31-29-27-25-23-21-19-17-15-13-11-9-7-2/h8-11,14-17,20-23,26-29,32-35,38,40,42-43,47,49,53,55,82H,6-7,12-13,18-19,24-25,30-31,36-37,39,41,44-46,48,50-52,54,56-81H2,1-5H3/b10-8-,11-9-,16-14-,17-15-,22-20-,23-21-,28-26-,29-27-,34-32-,35-33-,40-38-,43-42-,49-47-,55-53-. The first-order chi connectivity index (χ1) is 46.0. The molecule has 0 spiro atoms. The van der Waals surface area contributed by atoms with Crippen LogP contribution >= 0.6 is 7.82 Å². The first-order valence-corrected chi connectivity index (χ1v) is 39.3. The summed E-state index contributed by atoms with van der Waals surface area (Å²) < 4.78 is 34.4. The minimum Gasteiger partial charge on any atom is -0.756 e. The summed E-state index contributed by atoms with van der Waals surface area (Å²) in [6, 6.07) is 0. The molecule has 534 valence electrons. The highest BCUT2D eigenvalue weighted by Crippen LogP contribution is 2.38. The Labute approximate surface area is 578 Å². The van der Waals surface area contributed by atoms with Gasteiger partial charge in [-0.15, -0.1) is 0 Å². The Morgan fingerprint density at radius 2 is 0.574 bits per heavy atom. The van der Waals surface area contributed by atoms with Crippen LogP contribution in [-0.2, 0) is 32.7 Å². The summed E-state index contributed by atoms with van der Waals surface area (Å²) in [5.74, 6) is -0.842. The number of ether oxygens (including phenoxy) is 2. The summed E-state index contributed by atoms with van der Waals surface area (Å²) in [7, 11) is 1.15. The van der Waals surface area contributed by atoms with Crippen molar-refractivity contribution in [2.75, 3.05) is 47.5 Å². The van der Waals surface area contributed by atoms with Gasteiger partial charge in [-0.2, -0.15) is 0 Å². The molecule has 9 nitrogen and oxygen atoms in total. The van der Waals surface area contributed by atoms with Crippen molar-refractivity contribution in [3.63, 3.8) is 0 Å². The van der Waals surface area contributed by atoms with Gasteiger partial charge in [-0.1, -0.05) is 325 Å². The molecule has 0 bridgehead atoms. The van der Waals surface area contributed by atoms with Crippen molar-refractivity contribution < 1.29 is 42.1 Å². The third kappa shape index (κ3) is 76.4. The summed E-state index contributed by atoms with van der Waals surface area (Å²) in [6.07, 6.45) is 110. The third-order valence-electron chi connectivity index (χ3n) is 15.7. The normalized spacial score (nSPS) is 14.1. The van der Waals surface area contributed by atoms with Gasteiger partial charge in [0.2, 0.25) is 0 Å². The second-order valence-corrected chi connectivity index (χ2v) is 27.3. The molecule has 2 unspecified atom stereocenters. The van der Waals surface area contributed by atoms with Crippen molar-refractivity contribution in [2.45, 2.75) is 302 Å². The van der Waals surface area contributed by atoms with E-state index in [0.29, 0.717) is 17.4 Å². The SMILES string of the molecule is CC/C=C\C/C=C\C/C=C\C/C=C\C/C=C\C/C=C\C/C=C\C/C=C\C/C=C\CCCCCCCCCCCC(=O)OC(COC(=O)CCCCCCCCCCCCCCCCCCC/C=C\C/C=C\C/C=C\C/C=C\C/C=C\CC)COP(=O)([O-])OCC[N+](C)(C)C. The molecule has 10 heteroatoms. The summed E-state index contributed by atoms with van der Waals surface area (Å²) in [5, 5.41) is 0. The number of phosphoric ester groups is 1. The summed E-state index contributed by atoms with van der Waals surface area (Å²) >= 11 is 0. The van der Waals surface area contributed by atoms with E-state index in [0.717, 1.165) is 135 Å². The smallest absolute Gasteiger partial charge is 0.306 e. The van der Waals surface area contributed by atoms with Crippen molar-refractivity contribution in [2.24, 2.45) is 0 Å². The Balaban J connectivity index is 4.07. The van der Waals surface area contributed by atoms with Crippen LogP contribution in [0, 0.1) is 0 Å². The van der Waals surface area contributed by atoms with E-state index >= 15 is 0 Å². The maximum Gasteiger partial charge on any atom is 0.306 e. The van der Waals surface area contributed by atoms with Crippen LogP contribution in [0.5, 0.6) is 0 Å². The van der Waals surface area contributed by atoms with Gasteiger partial charge < -0.3 is 27.9 Å². The van der Waals surface area contributed by atoms with E-state index in [1.54, 1.807) is 0 Å². The van der Waals surface area contributed by atoms with Crippen LogP contribution in [-0.4, -0.2) is 70.0 Å². The molecule has 0 aliphatic heterocycles. The Bertz CT molecular complexity index is 2200. The molecule has 0 fully saturated rings. The number of allylic oxidation sites excluding steroid dienone is 28. The van der Waals surface area contributed by atoms with Crippen LogP contribution in [0.3, 0.4) is 0 Å². The molecule has 0 heterocycles. The highest BCUT2D eigenvalue weighted by Gasteiger charge is 2.22. The van der Waals surface area contributed by atoms with Crippen molar-refractivity contribution in [3.8, 4) is 0 Å². The van der Waals surface area contributed by atoms with Gasteiger partial charge in [-0.05, 0) is 128 Å². The number of rotatable bonds is 68. The zero-order chi connectivity index (χ0) is 68.3. The van der Waals surface area contributed by atoms with E-state index in [1.165, 1.54) is 128 Å². The van der Waals surface area contributed by atoms with E-state index in [-0.39, 0.29) is 32.0 Å². The van der Waals surface area contributed by atoms with Crippen LogP contribution in [0.4, 0.5) is 0 Å². The van der Waals surface area contributed by atoms with Crippen molar-refractivity contribution >= 4 is 19.8 Å². The predicted octanol–water partition coefficient (Wildman–Crippen LogP) is 24.6. The van der Waals surface area contributed by atoms with Crippen LogP contribution in [0.1, 0.15) is 296 Å². The number of esters is 2.